The molecule has 1 rings (SSSR count). The summed E-state index contributed by atoms with van der Waals surface area (Å²) in [6.45, 7) is 1.73. The van der Waals surface area contributed by atoms with Crippen molar-refractivity contribution in [2.24, 2.45) is 0 Å². The molecule has 2 atom stereocenters. The third-order valence-electron chi connectivity index (χ3n) is 4.24. The number of ketones is 1. The van der Waals surface area contributed by atoms with Crippen LogP contribution in [-0.2, 0) is 9.59 Å². The van der Waals surface area contributed by atoms with Crippen LogP contribution < -0.4 is 0 Å². The van der Waals surface area contributed by atoms with Crippen LogP contribution in [-0.4, -0.2) is 39.3 Å². The molecule has 0 spiro atoms. The molecule has 5 nitrogen and oxygen atoms in total. The molecule has 3 N–H and O–H groups in total. The maximum Gasteiger partial charge on any atom is 0.303 e. The zero-order valence-corrected chi connectivity index (χ0v) is 15.0. The quantitative estimate of drug-likeness (QED) is 0.371. The minimum absolute atomic E-state index is 0.151. The zero-order chi connectivity index (χ0) is 18.7. The molecule has 140 valence electrons. The van der Waals surface area contributed by atoms with Crippen molar-refractivity contribution in [3.05, 3.63) is 35.5 Å². The van der Waals surface area contributed by atoms with Crippen LogP contribution in [0.3, 0.4) is 0 Å². The van der Waals surface area contributed by atoms with Gasteiger partial charge in [0.05, 0.1) is 12.2 Å². The molecule has 0 aromatic rings. The number of hydrogen-bond acceptors (Lipinski definition) is 4. The van der Waals surface area contributed by atoms with Gasteiger partial charge in [-0.05, 0) is 57.4 Å². The molecule has 0 aliphatic heterocycles. The number of carbonyl (C=O) groups is 2. The second-order valence-corrected chi connectivity index (χ2v) is 6.59. The van der Waals surface area contributed by atoms with E-state index in [2.05, 4.69) is 0 Å². The lowest BCUT2D eigenvalue weighted by Gasteiger charge is -2.07. The van der Waals surface area contributed by atoms with Crippen LogP contribution >= 0.6 is 0 Å². The van der Waals surface area contributed by atoms with Gasteiger partial charge in [0.25, 0.3) is 0 Å². The number of carboxylic acids is 1. The number of unbranched alkanes of at least 4 members (excludes halogenated alkanes) is 1. The maximum atomic E-state index is 12.0. The Labute approximate surface area is 149 Å². The number of aliphatic carboxylic acids is 1. The van der Waals surface area contributed by atoms with Crippen LogP contribution in [0.25, 0.3) is 0 Å². The van der Waals surface area contributed by atoms with E-state index in [0.29, 0.717) is 44.9 Å². The molecule has 2 unspecified atom stereocenters. The molecule has 0 amide bonds. The lowest BCUT2D eigenvalue weighted by atomic mass is 10.0. The van der Waals surface area contributed by atoms with E-state index in [1.54, 1.807) is 13.0 Å². The minimum atomic E-state index is -0.790. The highest BCUT2D eigenvalue weighted by Gasteiger charge is 2.20. The summed E-state index contributed by atoms with van der Waals surface area (Å²) < 4.78 is 0. The number of rotatable bonds is 12. The van der Waals surface area contributed by atoms with Crippen LogP contribution in [0.4, 0.5) is 0 Å². The molecular formula is C20H30O5. The standard InChI is InChI=1S/C20H30O5/c1-15(21)7-6-8-17(22)13-11-16-12-14-19(23)18(16)9-4-2-3-5-10-20(24)25/h2,4,11,13,15,17,21-22H,3,5-10,12,14H2,1H3,(H,24,25). The molecular weight excluding hydrogens is 320 g/mol. The van der Waals surface area contributed by atoms with Gasteiger partial charge in [-0.3, -0.25) is 9.59 Å². The van der Waals surface area contributed by atoms with E-state index in [9.17, 15) is 19.8 Å². The van der Waals surface area contributed by atoms with Crippen molar-refractivity contribution in [2.75, 3.05) is 0 Å². The van der Waals surface area contributed by atoms with Crippen LogP contribution in [0, 0.1) is 0 Å². The summed E-state index contributed by atoms with van der Waals surface area (Å²) in [4.78, 5) is 22.4. The smallest absolute Gasteiger partial charge is 0.303 e. The Morgan fingerprint density at radius 1 is 1.16 bits per heavy atom. The SMILES string of the molecule is CC(O)CCCC(O)C=CC1=C(CC=CCCCC(=O)O)C(=O)CC1. The highest BCUT2D eigenvalue weighted by atomic mass is 16.4. The maximum absolute atomic E-state index is 12.0. The summed E-state index contributed by atoms with van der Waals surface area (Å²) in [6, 6.07) is 0. The molecule has 0 aromatic heterocycles. The van der Waals surface area contributed by atoms with Crippen LogP contribution in [0.5, 0.6) is 0 Å². The monoisotopic (exact) mass is 350 g/mol. The van der Waals surface area contributed by atoms with Crippen molar-refractivity contribution in [1.29, 1.82) is 0 Å². The van der Waals surface area contributed by atoms with Crippen molar-refractivity contribution in [3.63, 3.8) is 0 Å². The van der Waals surface area contributed by atoms with E-state index >= 15 is 0 Å². The average Bonchev–Trinajstić information content (AvgIpc) is 2.88. The van der Waals surface area contributed by atoms with Gasteiger partial charge in [0.1, 0.15) is 0 Å². The molecule has 0 aromatic carbocycles. The fourth-order valence-corrected chi connectivity index (χ4v) is 2.79. The summed E-state index contributed by atoms with van der Waals surface area (Å²) in [7, 11) is 0. The van der Waals surface area contributed by atoms with E-state index < -0.39 is 12.1 Å². The first-order chi connectivity index (χ1) is 11.9. The van der Waals surface area contributed by atoms with E-state index in [4.69, 9.17) is 5.11 Å². The van der Waals surface area contributed by atoms with Gasteiger partial charge in [0.2, 0.25) is 0 Å². The lowest BCUT2D eigenvalue weighted by Crippen LogP contribution is -2.05. The fraction of sp³-hybridized carbons (Fsp3) is 0.600. The predicted molar refractivity (Wildman–Crippen MR) is 97.2 cm³/mol. The highest BCUT2D eigenvalue weighted by Crippen LogP contribution is 2.27. The van der Waals surface area contributed by atoms with Gasteiger partial charge in [-0.15, -0.1) is 0 Å². The van der Waals surface area contributed by atoms with Gasteiger partial charge in [-0.2, -0.15) is 0 Å². The normalized spacial score (nSPS) is 17.8. The summed E-state index contributed by atoms with van der Waals surface area (Å²) >= 11 is 0. The topological polar surface area (TPSA) is 94.8 Å². The number of carbonyl (C=O) groups excluding carboxylic acids is 1. The van der Waals surface area contributed by atoms with Gasteiger partial charge >= 0.3 is 5.97 Å². The fourth-order valence-electron chi connectivity index (χ4n) is 2.79. The van der Waals surface area contributed by atoms with Crippen LogP contribution in [0.2, 0.25) is 0 Å². The number of Topliss-reactive ketones (excluding diaryl/α,β-unsaturated/α-hetero) is 1. The van der Waals surface area contributed by atoms with Crippen molar-refractivity contribution < 1.29 is 24.9 Å². The Balaban J connectivity index is 2.48. The van der Waals surface area contributed by atoms with Gasteiger partial charge in [-0.25, -0.2) is 0 Å². The van der Waals surface area contributed by atoms with E-state index in [-0.39, 0.29) is 18.3 Å². The van der Waals surface area contributed by atoms with Gasteiger partial charge < -0.3 is 15.3 Å². The summed E-state index contributed by atoms with van der Waals surface area (Å²) in [5, 5.41) is 27.8. The van der Waals surface area contributed by atoms with Crippen molar-refractivity contribution >= 4 is 11.8 Å². The number of allylic oxidation sites excluding steroid dienone is 5. The lowest BCUT2D eigenvalue weighted by molar-refractivity contribution is -0.137. The highest BCUT2D eigenvalue weighted by molar-refractivity contribution is 5.99. The Morgan fingerprint density at radius 3 is 2.60 bits per heavy atom. The first kappa shape index (κ1) is 21.3. The Kier molecular flexibility index (Phi) is 10.0. The summed E-state index contributed by atoms with van der Waals surface area (Å²) in [6.07, 6.45) is 11.8. The predicted octanol–water partition coefficient (Wildman–Crippen LogP) is 3.32. The van der Waals surface area contributed by atoms with Crippen molar-refractivity contribution in [3.8, 4) is 0 Å². The molecule has 1 aliphatic carbocycles. The number of hydrogen-bond donors (Lipinski definition) is 3. The molecule has 5 heteroatoms. The molecule has 1 aliphatic rings. The molecule has 0 fully saturated rings. The van der Waals surface area contributed by atoms with Gasteiger partial charge in [-0.1, -0.05) is 24.3 Å². The second kappa shape index (κ2) is 11.8. The number of carboxylic acid groups (broad SMARTS) is 1. The molecule has 0 radical (unpaired) electrons. The molecule has 0 bridgehead atoms. The molecule has 25 heavy (non-hydrogen) atoms. The molecule has 0 saturated carbocycles. The third kappa shape index (κ3) is 9.37. The number of aliphatic hydroxyl groups excluding tert-OH is 2. The minimum Gasteiger partial charge on any atom is -0.481 e. The van der Waals surface area contributed by atoms with Crippen LogP contribution in [0.15, 0.2) is 35.5 Å². The van der Waals surface area contributed by atoms with Gasteiger partial charge in [0, 0.05) is 18.4 Å². The Bertz CT molecular complexity index is 528. The number of aliphatic hydroxyl groups is 2. The summed E-state index contributed by atoms with van der Waals surface area (Å²) in [5.41, 5.74) is 1.77. The van der Waals surface area contributed by atoms with E-state index in [1.807, 2.05) is 18.2 Å². The summed E-state index contributed by atoms with van der Waals surface area (Å²) in [5.74, 6) is -0.639. The van der Waals surface area contributed by atoms with E-state index in [0.717, 1.165) is 17.6 Å². The Hall–Kier alpha value is -1.72. The van der Waals surface area contributed by atoms with Crippen LogP contribution in [0.1, 0.15) is 64.7 Å². The van der Waals surface area contributed by atoms with Crippen molar-refractivity contribution in [1.82, 2.24) is 0 Å². The third-order valence-corrected chi connectivity index (χ3v) is 4.24. The van der Waals surface area contributed by atoms with E-state index in [1.165, 1.54) is 0 Å². The van der Waals surface area contributed by atoms with Crippen molar-refractivity contribution in [2.45, 2.75) is 76.9 Å². The first-order valence-electron chi connectivity index (χ1n) is 9.06. The second-order valence-electron chi connectivity index (χ2n) is 6.59. The average molecular weight is 350 g/mol. The largest absolute Gasteiger partial charge is 0.481 e. The van der Waals surface area contributed by atoms with Gasteiger partial charge in [0.15, 0.2) is 5.78 Å². The molecule has 0 saturated heterocycles. The first-order valence-corrected chi connectivity index (χ1v) is 9.06. The zero-order valence-electron chi connectivity index (χ0n) is 15.0. The molecule has 0 heterocycles. The Morgan fingerprint density at radius 2 is 1.92 bits per heavy atom.